The van der Waals surface area contributed by atoms with Crippen LogP contribution in [0.1, 0.15) is 28.4 Å². The second-order valence-electron chi connectivity index (χ2n) is 5.95. The Labute approximate surface area is 146 Å². The van der Waals surface area contributed by atoms with Crippen LogP contribution in [0, 0.1) is 0 Å². The lowest BCUT2D eigenvalue weighted by molar-refractivity contribution is -0.133. The summed E-state index contributed by atoms with van der Waals surface area (Å²) < 4.78 is 0. The number of carbonyl (C=O) groups excluding carboxylic acids is 2. The molecule has 0 fully saturated rings. The first-order valence-corrected chi connectivity index (χ1v) is 8.35. The van der Waals surface area contributed by atoms with Crippen molar-refractivity contribution in [3.8, 4) is 0 Å². The van der Waals surface area contributed by atoms with Crippen molar-refractivity contribution < 1.29 is 9.59 Å². The zero-order valence-electron chi connectivity index (χ0n) is 13.5. The maximum Gasteiger partial charge on any atom is 0.253 e. The Hall–Kier alpha value is -2.33. The van der Waals surface area contributed by atoms with Crippen LogP contribution in [0.3, 0.4) is 0 Å². The largest absolute Gasteiger partial charge is 0.340 e. The molecule has 2 aromatic carbocycles. The number of halogens is 1. The van der Waals surface area contributed by atoms with Gasteiger partial charge in [0, 0.05) is 13.1 Å². The second-order valence-corrected chi connectivity index (χ2v) is 6.36. The smallest absolute Gasteiger partial charge is 0.253 e. The molecule has 0 saturated carbocycles. The zero-order valence-corrected chi connectivity index (χ0v) is 14.2. The van der Waals surface area contributed by atoms with Gasteiger partial charge in [-0.3, -0.25) is 9.59 Å². The number of carbonyl (C=O) groups is 2. The summed E-state index contributed by atoms with van der Waals surface area (Å²) in [5.74, 6) is -0.413. The molecule has 3 rings (SSSR count). The van der Waals surface area contributed by atoms with Gasteiger partial charge < -0.3 is 10.2 Å². The molecule has 0 unspecified atom stereocenters. The molecule has 0 saturated heterocycles. The van der Waals surface area contributed by atoms with Crippen molar-refractivity contribution in [2.45, 2.75) is 25.9 Å². The second kappa shape index (κ2) is 7.05. The number of amides is 2. The normalized spacial score (nSPS) is 14.7. The number of nitrogens with one attached hydrogen (secondary N) is 1. The molecule has 2 amide bonds. The van der Waals surface area contributed by atoms with E-state index < -0.39 is 6.04 Å². The van der Waals surface area contributed by atoms with Crippen LogP contribution in [-0.2, 0) is 17.8 Å². The average Bonchev–Trinajstić information content (AvgIpc) is 2.60. The van der Waals surface area contributed by atoms with Gasteiger partial charge in [0.25, 0.3) is 5.91 Å². The van der Waals surface area contributed by atoms with Gasteiger partial charge in [0.15, 0.2) is 0 Å². The molecule has 1 aliphatic rings. The van der Waals surface area contributed by atoms with Gasteiger partial charge in [0.2, 0.25) is 5.91 Å². The monoisotopic (exact) mass is 342 g/mol. The first kappa shape index (κ1) is 16.5. The van der Waals surface area contributed by atoms with Crippen LogP contribution in [0.2, 0.25) is 5.02 Å². The minimum atomic E-state index is -0.598. The molecule has 124 valence electrons. The summed E-state index contributed by atoms with van der Waals surface area (Å²) in [7, 11) is 0. The Bertz CT molecular complexity index is 775. The van der Waals surface area contributed by atoms with Crippen LogP contribution in [0.4, 0.5) is 0 Å². The fraction of sp³-hybridized carbons (Fsp3) is 0.263. The van der Waals surface area contributed by atoms with E-state index in [2.05, 4.69) is 11.4 Å². The summed E-state index contributed by atoms with van der Waals surface area (Å²) in [5, 5.41) is 3.12. The number of hydrogen-bond donors (Lipinski definition) is 1. The van der Waals surface area contributed by atoms with Crippen LogP contribution in [0.25, 0.3) is 0 Å². The summed E-state index contributed by atoms with van der Waals surface area (Å²) in [4.78, 5) is 26.7. The highest BCUT2D eigenvalue weighted by molar-refractivity contribution is 6.33. The highest BCUT2D eigenvalue weighted by Gasteiger charge is 2.26. The molecular formula is C19H19ClN2O2. The number of nitrogens with zero attached hydrogens (tertiary/aromatic N) is 1. The SMILES string of the molecule is C[C@H](NC(=O)c1ccccc1Cl)C(=O)N1CCc2ccccc2C1. The molecule has 1 aliphatic heterocycles. The van der Waals surface area contributed by atoms with Crippen molar-refractivity contribution in [1.29, 1.82) is 0 Å². The first-order chi connectivity index (χ1) is 11.6. The predicted octanol–water partition coefficient (Wildman–Crippen LogP) is 3.04. The molecule has 0 aromatic heterocycles. The minimum absolute atomic E-state index is 0.0788. The van der Waals surface area contributed by atoms with Gasteiger partial charge in [-0.25, -0.2) is 0 Å². The fourth-order valence-electron chi connectivity index (χ4n) is 2.94. The highest BCUT2D eigenvalue weighted by Crippen LogP contribution is 2.19. The Morgan fingerprint density at radius 1 is 1.08 bits per heavy atom. The van der Waals surface area contributed by atoms with Crippen LogP contribution in [0.15, 0.2) is 48.5 Å². The van der Waals surface area contributed by atoms with Crippen LogP contribution >= 0.6 is 11.6 Å². The quantitative estimate of drug-likeness (QED) is 0.932. The highest BCUT2D eigenvalue weighted by atomic mass is 35.5. The number of fused-ring (bicyclic) bond motifs is 1. The van der Waals surface area contributed by atoms with Crippen molar-refractivity contribution >= 4 is 23.4 Å². The van der Waals surface area contributed by atoms with E-state index in [1.807, 2.05) is 18.2 Å². The van der Waals surface area contributed by atoms with E-state index in [1.54, 1.807) is 36.1 Å². The van der Waals surface area contributed by atoms with Gasteiger partial charge in [-0.15, -0.1) is 0 Å². The summed E-state index contributed by atoms with van der Waals surface area (Å²) in [6.07, 6.45) is 0.840. The van der Waals surface area contributed by atoms with E-state index in [9.17, 15) is 9.59 Å². The lowest BCUT2D eigenvalue weighted by atomic mass is 9.99. The van der Waals surface area contributed by atoms with Gasteiger partial charge in [-0.1, -0.05) is 48.0 Å². The molecule has 2 aromatic rings. The molecule has 1 N–H and O–H groups in total. The van der Waals surface area contributed by atoms with Crippen molar-refractivity contribution in [2.75, 3.05) is 6.54 Å². The Balaban J connectivity index is 1.65. The standard InChI is InChI=1S/C19H19ClN2O2/c1-13(21-18(23)16-8-4-5-9-17(16)20)19(24)22-11-10-14-6-2-3-7-15(14)12-22/h2-9,13H,10-12H2,1H3,(H,21,23)/t13-/m0/s1. The van der Waals surface area contributed by atoms with Gasteiger partial charge in [-0.05, 0) is 36.6 Å². The minimum Gasteiger partial charge on any atom is -0.340 e. The summed E-state index contributed by atoms with van der Waals surface area (Å²) in [5.41, 5.74) is 2.83. The Morgan fingerprint density at radius 3 is 2.50 bits per heavy atom. The summed E-state index contributed by atoms with van der Waals surface area (Å²) >= 11 is 6.03. The van der Waals surface area contributed by atoms with Crippen LogP contribution < -0.4 is 5.32 Å². The summed E-state index contributed by atoms with van der Waals surface area (Å²) in [6.45, 7) is 2.96. The number of benzene rings is 2. The van der Waals surface area contributed by atoms with Crippen molar-refractivity contribution in [2.24, 2.45) is 0 Å². The lowest BCUT2D eigenvalue weighted by Gasteiger charge is -2.31. The molecule has 0 aliphatic carbocycles. The van der Waals surface area contributed by atoms with E-state index in [-0.39, 0.29) is 11.8 Å². The molecule has 5 heteroatoms. The fourth-order valence-corrected chi connectivity index (χ4v) is 3.16. The van der Waals surface area contributed by atoms with Crippen molar-refractivity contribution in [3.63, 3.8) is 0 Å². The molecule has 4 nitrogen and oxygen atoms in total. The average molecular weight is 343 g/mol. The predicted molar refractivity (Wildman–Crippen MR) is 93.9 cm³/mol. The Kier molecular flexibility index (Phi) is 4.86. The third-order valence-corrected chi connectivity index (χ3v) is 4.61. The van der Waals surface area contributed by atoms with Crippen molar-refractivity contribution in [1.82, 2.24) is 10.2 Å². The number of hydrogen-bond acceptors (Lipinski definition) is 2. The van der Waals surface area contributed by atoms with E-state index in [0.717, 1.165) is 6.42 Å². The third-order valence-electron chi connectivity index (χ3n) is 4.28. The maximum atomic E-state index is 12.6. The van der Waals surface area contributed by atoms with Gasteiger partial charge in [-0.2, -0.15) is 0 Å². The summed E-state index contributed by atoms with van der Waals surface area (Å²) in [6, 6.07) is 14.4. The molecule has 1 heterocycles. The molecule has 0 spiro atoms. The van der Waals surface area contributed by atoms with E-state index in [4.69, 9.17) is 11.6 Å². The Morgan fingerprint density at radius 2 is 1.75 bits per heavy atom. The molecule has 24 heavy (non-hydrogen) atoms. The van der Waals surface area contributed by atoms with Crippen LogP contribution in [0.5, 0.6) is 0 Å². The third kappa shape index (κ3) is 3.44. The van der Waals surface area contributed by atoms with Gasteiger partial charge in [0.1, 0.15) is 6.04 Å². The van der Waals surface area contributed by atoms with E-state index in [0.29, 0.717) is 23.7 Å². The molecule has 1 atom stereocenters. The topological polar surface area (TPSA) is 49.4 Å². The van der Waals surface area contributed by atoms with E-state index in [1.165, 1.54) is 11.1 Å². The molecule has 0 bridgehead atoms. The molecule has 0 radical (unpaired) electrons. The lowest BCUT2D eigenvalue weighted by Crippen LogP contribution is -2.48. The zero-order chi connectivity index (χ0) is 17.1. The van der Waals surface area contributed by atoms with E-state index >= 15 is 0 Å². The first-order valence-electron chi connectivity index (χ1n) is 7.97. The van der Waals surface area contributed by atoms with Crippen molar-refractivity contribution in [3.05, 3.63) is 70.2 Å². The maximum absolute atomic E-state index is 12.6. The number of rotatable bonds is 3. The van der Waals surface area contributed by atoms with Gasteiger partial charge >= 0.3 is 0 Å². The molecular weight excluding hydrogens is 324 g/mol. The van der Waals surface area contributed by atoms with Crippen LogP contribution in [-0.4, -0.2) is 29.3 Å². The van der Waals surface area contributed by atoms with Gasteiger partial charge in [0.05, 0.1) is 10.6 Å².